The number of carbonyl (C=O) groups excluding carboxylic acids is 2. The van der Waals surface area contributed by atoms with Gasteiger partial charge in [-0.05, 0) is 56.2 Å². The van der Waals surface area contributed by atoms with Crippen LogP contribution in [-0.2, 0) is 28.4 Å². The van der Waals surface area contributed by atoms with Gasteiger partial charge in [-0.3, -0.25) is 18.7 Å². The standard InChI is InChI=1S/C24H30FN5O4S/c1-14(16-4-5-16)30-11-18-8-17(19-10-21(27-15(2)31)28-29(19)3)9-20(22(18)23(30)32)35(33,34)26-13-24(12-25)6-7-24/h8-10,14,16,26H,4-7,11-13H2,1-3H3,(H,27,28,31). The van der Waals surface area contributed by atoms with Crippen molar-refractivity contribution < 1.29 is 22.4 Å². The van der Waals surface area contributed by atoms with Crippen LogP contribution in [0.3, 0.4) is 0 Å². The minimum absolute atomic E-state index is 0.000391. The van der Waals surface area contributed by atoms with Crippen molar-refractivity contribution in [2.24, 2.45) is 18.4 Å². The molecule has 2 aliphatic carbocycles. The average Bonchev–Trinajstić information content (AvgIpc) is 3.72. The van der Waals surface area contributed by atoms with Crippen LogP contribution in [0.4, 0.5) is 10.2 Å². The molecule has 9 nitrogen and oxygen atoms in total. The van der Waals surface area contributed by atoms with Gasteiger partial charge in [0.05, 0.1) is 22.8 Å². The number of carbonyl (C=O) groups is 2. The molecule has 2 amide bonds. The summed E-state index contributed by atoms with van der Waals surface area (Å²) in [5.74, 6) is 0.217. The summed E-state index contributed by atoms with van der Waals surface area (Å²) < 4.78 is 44.5. The molecule has 0 saturated heterocycles. The fourth-order valence-electron chi connectivity index (χ4n) is 4.80. The molecule has 0 spiro atoms. The number of sulfonamides is 1. The Balaban J connectivity index is 1.57. The summed E-state index contributed by atoms with van der Waals surface area (Å²) in [5.41, 5.74) is 1.34. The summed E-state index contributed by atoms with van der Waals surface area (Å²) >= 11 is 0. The highest BCUT2D eigenvalue weighted by Crippen LogP contribution is 2.46. The zero-order chi connectivity index (χ0) is 25.1. The van der Waals surface area contributed by atoms with Crippen molar-refractivity contribution >= 4 is 27.7 Å². The highest BCUT2D eigenvalue weighted by Gasteiger charge is 2.45. The maximum Gasteiger partial charge on any atom is 0.256 e. The van der Waals surface area contributed by atoms with Crippen molar-refractivity contribution in [1.29, 1.82) is 0 Å². The van der Waals surface area contributed by atoms with Gasteiger partial charge in [-0.15, -0.1) is 0 Å². The van der Waals surface area contributed by atoms with Crippen LogP contribution in [0.1, 0.15) is 55.5 Å². The third-order valence-electron chi connectivity index (χ3n) is 7.44. The minimum atomic E-state index is -4.09. The van der Waals surface area contributed by atoms with Crippen molar-refractivity contribution in [3.8, 4) is 11.3 Å². The number of aromatic nitrogens is 2. The molecular formula is C24H30FN5O4S. The summed E-state index contributed by atoms with van der Waals surface area (Å²) in [5, 5.41) is 6.92. The van der Waals surface area contributed by atoms with Crippen molar-refractivity contribution in [3.05, 3.63) is 29.3 Å². The molecule has 2 saturated carbocycles. The molecule has 188 valence electrons. The van der Waals surface area contributed by atoms with Crippen LogP contribution < -0.4 is 10.0 Å². The fraction of sp³-hybridized carbons (Fsp3) is 0.542. The van der Waals surface area contributed by atoms with Crippen molar-refractivity contribution in [2.75, 3.05) is 18.5 Å². The maximum absolute atomic E-state index is 13.5. The topological polar surface area (TPSA) is 113 Å². The molecule has 11 heteroatoms. The lowest BCUT2D eigenvalue weighted by Crippen LogP contribution is -2.36. The quantitative estimate of drug-likeness (QED) is 0.546. The molecule has 1 atom stereocenters. The number of amides is 2. The Hall–Kier alpha value is -2.79. The van der Waals surface area contributed by atoms with Crippen LogP contribution in [0.5, 0.6) is 0 Å². The number of alkyl halides is 1. The van der Waals surface area contributed by atoms with E-state index in [9.17, 15) is 22.4 Å². The largest absolute Gasteiger partial charge is 0.331 e. The first-order chi connectivity index (χ1) is 16.5. The SMILES string of the molecule is CC(=O)Nc1cc(-c2cc3c(c(S(=O)(=O)NCC4(CF)CC4)c2)C(=O)N(C(C)C2CC2)C3)n(C)n1. The highest BCUT2D eigenvalue weighted by atomic mass is 32.2. The number of halogens is 1. The Kier molecular flexibility index (Phi) is 5.75. The van der Waals surface area contributed by atoms with Crippen LogP contribution in [0, 0.1) is 11.3 Å². The zero-order valence-corrected chi connectivity index (χ0v) is 20.9. The number of nitrogens with one attached hydrogen (secondary N) is 2. The normalized spacial score (nSPS) is 19.5. The van der Waals surface area contributed by atoms with E-state index in [2.05, 4.69) is 15.1 Å². The van der Waals surface area contributed by atoms with Crippen LogP contribution in [0.25, 0.3) is 11.3 Å². The molecule has 0 radical (unpaired) electrons. The Bertz CT molecular complexity index is 1310. The van der Waals surface area contributed by atoms with E-state index in [1.165, 1.54) is 13.0 Å². The molecule has 2 N–H and O–H groups in total. The molecular weight excluding hydrogens is 473 g/mol. The van der Waals surface area contributed by atoms with Gasteiger partial charge < -0.3 is 10.2 Å². The summed E-state index contributed by atoms with van der Waals surface area (Å²) in [7, 11) is -2.40. The van der Waals surface area contributed by atoms with E-state index in [1.807, 2.05) is 13.0 Å². The number of aryl methyl sites for hydroxylation is 1. The van der Waals surface area contributed by atoms with Crippen LogP contribution in [0.15, 0.2) is 23.1 Å². The predicted molar refractivity (Wildman–Crippen MR) is 128 cm³/mol. The monoisotopic (exact) mass is 503 g/mol. The second kappa shape index (κ2) is 8.41. The van der Waals surface area contributed by atoms with Gasteiger partial charge in [0.25, 0.3) is 5.91 Å². The molecule has 2 fully saturated rings. The molecule has 1 unspecified atom stereocenters. The molecule has 5 rings (SSSR count). The molecule has 3 aliphatic rings. The number of hydrogen-bond acceptors (Lipinski definition) is 5. The molecule has 35 heavy (non-hydrogen) atoms. The first-order valence-electron chi connectivity index (χ1n) is 11.9. The molecule has 0 bridgehead atoms. The second-order valence-electron chi connectivity index (χ2n) is 10.2. The number of benzene rings is 1. The van der Waals surface area contributed by atoms with E-state index in [-0.39, 0.29) is 34.9 Å². The van der Waals surface area contributed by atoms with Crippen molar-refractivity contribution in [3.63, 3.8) is 0 Å². The molecule has 1 aromatic heterocycles. The van der Waals surface area contributed by atoms with E-state index < -0.39 is 22.1 Å². The van der Waals surface area contributed by atoms with Gasteiger partial charge in [-0.2, -0.15) is 5.10 Å². The van der Waals surface area contributed by atoms with Crippen molar-refractivity contribution in [1.82, 2.24) is 19.4 Å². The minimum Gasteiger partial charge on any atom is -0.331 e. The number of nitrogens with zero attached hydrogens (tertiary/aromatic N) is 3. The van der Waals surface area contributed by atoms with Gasteiger partial charge >= 0.3 is 0 Å². The average molecular weight is 504 g/mol. The van der Waals surface area contributed by atoms with E-state index in [1.54, 1.807) is 22.7 Å². The zero-order valence-electron chi connectivity index (χ0n) is 20.1. The first kappa shape index (κ1) is 23.9. The van der Waals surface area contributed by atoms with E-state index in [0.29, 0.717) is 47.9 Å². The number of fused-ring (bicyclic) bond motifs is 1. The Morgan fingerprint density at radius 2 is 2.00 bits per heavy atom. The van der Waals surface area contributed by atoms with Crippen molar-refractivity contribution in [2.45, 2.75) is 57.0 Å². The van der Waals surface area contributed by atoms with Gasteiger partial charge in [-0.1, -0.05) is 0 Å². The maximum atomic E-state index is 13.5. The van der Waals surface area contributed by atoms with Crippen LogP contribution in [0.2, 0.25) is 0 Å². The van der Waals surface area contributed by atoms with Gasteiger partial charge in [-0.25, -0.2) is 13.1 Å². The van der Waals surface area contributed by atoms with Gasteiger partial charge in [0.2, 0.25) is 15.9 Å². The van der Waals surface area contributed by atoms with Crippen LogP contribution in [-0.4, -0.2) is 54.2 Å². The molecule has 1 aromatic carbocycles. The third-order valence-corrected chi connectivity index (χ3v) is 8.87. The smallest absolute Gasteiger partial charge is 0.256 e. The Labute approximate surface area is 204 Å². The highest BCUT2D eigenvalue weighted by molar-refractivity contribution is 7.89. The van der Waals surface area contributed by atoms with E-state index in [4.69, 9.17) is 0 Å². The number of rotatable bonds is 9. The Morgan fingerprint density at radius 1 is 1.29 bits per heavy atom. The summed E-state index contributed by atoms with van der Waals surface area (Å²) in [6, 6.07) is 4.99. The van der Waals surface area contributed by atoms with Gasteiger partial charge in [0.15, 0.2) is 5.82 Å². The summed E-state index contributed by atoms with van der Waals surface area (Å²) in [4.78, 5) is 26.6. The van der Waals surface area contributed by atoms with E-state index >= 15 is 0 Å². The molecule has 1 aliphatic heterocycles. The Morgan fingerprint density at radius 3 is 2.60 bits per heavy atom. The van der Waals surface area contributed by atoms with E-state index in [0.717, 1.165) is 12.8 Å². The summed E-state index contributed by atoms with van der Waals surface area (Å²) in [6.07, 6.45) is 3.39. The summed E-state index contributed by atoms with van der Waals surface area (Å²) in [6.45, 7) is 3.13. The van der Waals surface area contributed by atoms with Crippen LogP contribution >= 0.6 is 0 Å². The molecule has 2 aromatic rings. The second-order valence-corrected chi connectivity index (χ2v) is 11.9. The van der Waals surface area contributed by atoms with Gasteiger partial charge in [0, 0.05) is 50.1 Å². The lowest BCUT2D eigenvalue weighted by atomic mass is 10.0. The first-order valence-corrected chi connectivity index (χ1v) is 13.4. The molecule has 2 heterocycles. The lowest BCUT2D eigenvalue weighted by molar-refractivity contribution is -0.114. The number of anilines is 1. The lowest BCUT2D eigenvalue weighted by Gasteiger charge is -2.24. The fourth-order valence-corrected chi connectivity index (χ4v) is 6.22. The predicted octanol–water partition coefficient (Wildman–Crippen LogP) is 2.83. The third kappa shape index (κ3) is 4.47. The van der Waals surface area contributed by atoms with Gasteiger partial charge in [0.1, 0.15) is 0 Å². The number of hydrogen-bond donors (Lipinski definition) is 2.